The van der Waals surface area contributed by atoms with Gasteiger partial charge < -0.3 is 10.2 Å². The van der Waals surface area contributed by atoms with Crippen molar-refractivity contribution in [3.63, 3.8) is 0 Å². The Labute approximate surface area is 165 Å². The molecular weight excluding hydrogens is 378 g/mol. The minimum Gasteiger partial charge on any atom is -0.326 e. The number of anilines is 1. The molecule has 1 aliphatic heterocycles. The number of hydrogen-bond donors (Lipinski definition) is 1. The number of aromatic nitrogens is 1. The Bertz CT molecular complexity index is 948. The van der Waals surface area contributed by atoms with Crippen molar-refractivity contribution in [2.45, 2.75) is 25.8 Å². The number of likely N-dealkylation sites (tertiary alicyclic amines) is 1. The molecule has 27 heavy (non-hydrogen) atoms. The second-order valence-corrected chi connectivity index (χ2v) is 8.46. The highest BCUT2D eigenvalue weighted by Crippen LogP contribution is 2.25. The summed E-state index contributed by atoms with van der Waals surface area (Å²) in [5.74, 6) is -0.188. The van der Waals surface area contributed by atoms with E-state index in [2.05, 4.69) is 10.3 Å². The molecule has 0 bridgehead atoms. The molecule has 1 aromatic carbocycles. The minimum absolute atomic E-state index is 0.0584. The number of nitrogens with one attached hydrogen (secondary N) is 1. The topological polar surface area (TPSA) is 62.3 Å². The van der Waals surface area contributed by atoms with E-state index in [0.717, 1.165) is 28.4 Å². The lowest BCUT2D eigenvalue weighted by molar-refractivity contribution is -0.119. The molecule has 138 valence electrons. The molecule has 0 unspecified atom stereocenters. The number of carbonyl (C=O) groups is 2. The third-order valence-corrected chi connectivity index (χ3v) is 6.25. The second-order valence-electron chi connectivity index (χ2n) is 6.45. The van der Waals surface area contributed by atoms with Crippen LogP contribution in [0.2, 0.25) is 0 Å². The number of aryl methyl sites for hydroxylation is 1. The molecule has 2 amide bonds. The van der Waals surface area contributed by atoms with Crippen LogP contribution in [0.4, 0.5) is 5.69 Å². The summed E-state index contributed by atoms with van der Waals surface area (Å²) in [4.78, 5) is 32.2. The predicted octanol–water partition coefficient (Wildman–Crippen LogP) is 4.42. The zero-order chi connectivity index (χ0) is 18.8. The Morgan fingerprint density at radius 2 is 2.00 bits per heavy atom. The minimum atomic E-state index is -0.416. The standard InChI is InChI=1S/C20H19N3O2S2/c1-13-21-16(12-27-13)14-6-8-15(9-7-14)22-19(24)17-4-2-10-23(17)20(25)18-5-3-11-26-18/h3,5-9,11-12,17H,2,4,10H2,1H3,(H,22,24)/t17-/m1/s1. The number of amides is 2. The van der Waals surface area contributed by atoms with Gasteiger partial charge in [0, 0.05) is 23.2 Å². The van der Waals surface area contributed by atoms with E-state index in [1.54, 1.807) is 22.3 Å². The van der Waals surface area contributed by atoms with Gasteiger partial charge in [-0.1, -0.05) is 18.2 Å². The van der Waals surface area contributed by atoms with Crippen LogP contribution in [0.5, 0.6) is 0 Å². The lowest BCUT2D eigenvalue weighted by atomic mass is 10.1. The average molecular weight is 398 g/mol. The van der Waals surface area contributed by atoms with Crippen LogP contribution in [-0.2, 0) is 4.79 Å². The molecule has 3 aromatic rings. The zero-order valence-electron chi connectivity index (χ0n) is 14.8. The molecule has 0 aliphatic carbocycles. The fourth-order valence-corrected chi connectivity index (χ4v) is 4.57. The summed E-state index contributed by atoms with van der Waals surface area (Å²) in [6, 6.07) is 10.9. The Hall–Kier alpha value is -2.51. The molecule has 1 aliphatic rings. The molecular formula is C20H19N3O2S2. The van der Waals surface area contributed by atoms with Gasteiger partial charge in [-0.15, -0.1) is 22.7 Å². The van der Waals surface area contributed by atoms with Crippen molar-refractivity contribution in [3.05, 3.63) is 57.0 Å². The van der Waals surface area contributed by atoms with Gasteiger partial charge in [-0.25, -0.2) is 4.98 Å². The van der Waals surface area contributed by atoms with Crippen LogP contribution in [0, 0.1) is 6.92 Å². The third kappa shape index (κ3) is 3.79. The predicted molar refractivity (Wildman–Crippen MR) is 109 cm³/mol. The summed E-state index contributed by atoms with van der Waals surface area (Å²) in [5, 5.41) is 7.88. The highest BCUT2D eigenvalue weighted by Gasteiger charge is 2.34. The largest absolute Gasteiger partial charge is 0.326 e. The Morgan fingerprint density at radius 3 is 2.67 bits per heavy atom. The highest BCUT2D eigenvalue weighted by atomic mass is 32.1. The highest BCUT2D eigenvalue weighted by molar-refractivity contribution is 7.12. The van der Waals surface area contributed by atoms with Gasteiger partial charge in [0.15, 0.2) is 0 Å². The van der Waals surface area contributed by atoms with Gasteiger partial charge in [0.25, 0.3) is 5.91 Å². The SMILES string of the molecule is Cc1nc(-c2ccc(NC(=O)[C@H]3CCCN3C(=O)c3cccs3)cc2)cs1. The molecule has 5 nitrogen and oxygen atoms in total. The van der Waals surface area contributed by atoms with Crippen LogP contribution in [-0.4, -0.2) is 34.3 Å². The van der Waals surface area contributed by atoms with Gasteiger partial charge in [-0.05, 0) is 43.3 Å². The van der Waals surface area contributed by atoms with Crippen LogP contribution in [0.1, 0.15) is 27.5 Å². The van der Waals surface area contributed by atoms with Crippen molar-refractivity contribution in [1.29, 1.82) is 0 Å². The van der Waals surface area contributed by atoms with Gasteiger partial charge in [0.2, 0.25) is 5.91 Å². The van der Waals surface area contributed by atoms with Gasteiger partial charge in [-0.3, -0.25) is 9.59 Å². The van der Waals surface area contributed by atoms with Crippen LogP contribution in [0.25, 0.3) is 11.3 Å². The van der Waals surface area contributed by atoms with E-state index >= 15 is 0 Å². The number of nitrogens with zero attached hydrogens (tertiary/aromatic N) is 2. The van der Waals surface area contributed by atoms with E-state index in [-0.39, 0.29) is 11.8 Å². The van der Waals surface area contributed by atoms with E-state index in [1.165, 1.54) is 11.3 Å². The first-order chi connectivity index (χ1) is 13.1. The van der Waals surface area contributed by atoms with E-state index in [1.807, 2.05) is 48.0 Å². The Kier molecular flexibility index (Phi) is 5.05. The first-order valence-electron chi connectivity index (χ1n) is 8.80. The summed E-state index contributed by atoms with van der Waals surface area (Å²) in [6.07, 6.45) is 1.54. The molecule has 1 saturated heterocycles. The summed E-state index contributed by atoms with van der Waals surface area (Å²) >= 11 is 3.02. The Balaban J connectivity index is 1.44. The van der Waals surface area contributed by atoms with Crippen molar-refractivity contribution in [3.8, 4) is 11.3 Å². The number of hydrogen-bond acceptors (Lipinski definition) is 5. The number of thiazole rings is 1. The lowest BCUT2D eigenvalue weighted by Crippen LogP contribution is -2.42. The van der Waals surface area contributed by atoms with Crippen molar-refractivity contribution in [2.75, 3.05) is 11.9 Å². The maximum Gasteiger partial charge on any atom is 0.264 e. The number of carbonyl (C=O) groups excluding carboxylic acids is 2. The summed E-state index contributed by atoms with van der Waals surface area (Å²) < 4.78 is 0. The van der Waals surface area contributed by atoms with Crippen molar-refractivity contribution < 1.29 is 9.59 Å². The molecule has 7 heteroatoms. The first kappa shape index (κ1) is 17.9. The monoisotopic (exact) mass is 397 g/mol. The van der Waals surface area contributed by atoms with E-state index in [0.29, 0.717) is 17.8 Å². The molecule has 1 fully saturated rings. The molecule has 0 spiro atoms. The first-order valence-corrected chi connectivity index (χ1v) is 10.6. The molecule has 1 N–H and O–H groups in total. The quantitative estimate of drug-likeness (QED) is 0.709. The fraction of sp³-hybridized carbons (Fsp3) is 0.250. The number of thiophene rings is 1. The summed E-state index contributed by atoms with van der Waals surface area (Å²) in [6.45, 7) is 2.60. The normalized spacial score (nSPS) is 16.5. The molecule has 2 aromatic heterocycles. The van der Waals surface area contributed by atoms with Gasteiger partial charge in [0.05, 0.1) is 15.6 Å². The van der Waals surface area contributed by atoms with Gasteiger partial charge in [0.1, 0.15) is 6.04 Å². The smallest absolute Gasteiger partial charge is 0.264 e. The van der Waals surface area contributed by atoms with Crippen molar-refractivity contribution in [2.24, 2.45) is 0 Å². The van der Waals surface area contributed by atoms with E-state index in [9.17, 15) is 9.59 Å². The van der Waals surface area contributed by atoms with Crippen LogP contribution >= 0.6 is 22.7 Å². The molecule has 4 rings (SSSR count). The molecule has 1 atom stereocenters. The fourth-order valence-electron chi connectivity index (χ4n) is 3.27. The van der Waals surface area contributed by atoms with E-state index < -0.39 is 6.04 Å². The van der Waals surface area contributed by atoms with Crippen LogP contribution in [0.15, 0.2) is 47.2 Å². The maximum absolute atomic E-state index is 12.7. The third-order valence-electron chi connectivity index (χ3n) is 4.62. The zero-order valence-corrected chi connectivity index (χ0v) is 16.5. The summed E-state index contributed by atoms with van der Waals surface area (Å²) in [7, 11) is 0. The number of benzene rings is 1. The molecule has 3 heterocycles. The number of rotatable bonds is 4. The maximum atomic E-state index is 12.7. The molecule has 0 saturated carbocycles. The van der Waals surface area contributed by atoms with Gasteiger partial charge in [-0.2, -0.15) is 0 Å². The summed E-state index contributed by atoms with van der Waals surface area (Å²) in [5.41, 5.74) is 2.69. The average Bonchev–Trinajstić information content (AvgIpc) is 3.43. The second kappa shape index (κ2) is 7.62. The van der Waals surface area contributed by atoms with Gasteiger partial charge >= 0.3 is 0 Å². The van der Waals surface area contributed by atoms with Crippen molar-refractivity contribution in [1.82, 2.24) is 9.88 Å². The van der Waals surface area contributed by atoms with E-state index in [4.69, 9.17) is 0 Å². The molecule has 0 radical (unpaired) electrons. The van der Waals surface area contributed by atoms with Crippen LogP contribution < -0.4 is 5.32 Å². The van der Waals surface area contributed by atoms with Crippen molar-refractivity contribution >= 4 is 40.2 Å². The van der Waals surface area contributed by atoms with Crippen LogP contribution in [0.3, 0.4) is 0 Å². The Morgan fingerprint density at radius 1 is 1.19 bits per heavy atom. The lowest BCUT2D eigenvalue weighted by Gasteiger charge is -2.23.